The van der Waals surface area contributed by atoms with Crippen LogP contribution < -0.4 is 0 Å². The molecule has 0 saturated carbocycles. The van der Waals surface area contributed by atoms with Gasteiger partial charge in [-0.1, -0.05) is 12.1 Å². The van der Waals surface area contributed by atoms with Crippen LogP contribution in [0.3, 0.4) is 0 Å². The number of rotatable bonds is 6. The van der Waals surface area contributed by atoms with E-state index >= 15 is 0 Å². The lowest BCUT2D eigenvalue weighted by Gasteiger charge is -2.44. The summed E-state index contributed by atoms with van der Waals surface area (Å²) in [6.45, 7) is 5.85. The quantitative estimate of drug-likeness (QED) is 0.325. The van der Waals surface area contributed by atoms with E-state index < -0.39 is 47.6 Å². The standard InChI is InChI=1S/C30H34F7NO3/c1-19(22-14-23(29(32,33)34)16-24(15-22)30(35,36)37)41-27-26(20-2-4-25(31)5-3-20)21(6-12-40-27)17-38-10-7-28(8-11-38)9-13-39-18-28/h2-5,14-16,19,21,26-27H,6-13,17-18H2,1H3/t19-,21?,26+,27-/m1/s1. The third-order valence-corrected chi connectivity index (χ3v) is 8.84. The summed E-state index contributed by atoms with van der Waals surface area (Å²) in [6, 6.07) is 7.40. The highest BCUT2D eigenvalue weighted by molar-refractivity contribution is 5.35. The minimum atomic E-state index is -4.96. The molecule has 5 rings (SSSR count). The van der Waals surface area contributed by atoms with Crippen LogP contribution in [0.15, 0.2) is 42.5 Å². The van der Waals surface area contributed by atoms with Crippen LogP contribution in [0.4, 0.5) is 30.7 Å². The number of halogens is 7. The number of nitrogens with zero attached hydrogens (tertiary/aromatic N) is 1. The number of alkyl halides is 6. The number of hydrogen-bond donors (Lipinski definition) is 0. The molecule has 3 saturated heterocycles. The van der Waals surface area contributed by atoms with Crippen molar-refractivity contribution in [3.8, 4) is 0 Å². The van der Waals surface area contributed by atoms with Crippen LogP contribution in [-0.4, -0.2) is 50.6 Å². The Morgan fingerprint density at radius 3 is 2.12 bits per heavy atom. The predicted octanol–water partition coefficient (Wildman–Crippen LogP) is 7.59. The zero-order valence-electron chi connectivity index (χ0n) is 22.7. The lowest BCUT2D eigenvalue weighted by molar-refractivity contribution is -0.210. The molecule has 0 aliphatic carbocycles. The van der Waals surface area contributed by atoms with Crippen LogP contribution in [0.2, 0.25) is 0 Å². The Kier molecular flexibility index (Phi) is 8.72. The first-order valence-corrected chi connectivity index (χ1v) is 14.0. The molecule has 3 heterocycles. The minimum absolute atomic E-state index is 0.0209. The van der Waals surface area contributed by atoms with Crippen molar-refractivity contribution >= 4 is 0 Å². The largest absolute Gasteiger partial charge is 0.416 e. The molecule has 2 aromatic rings. The average Bonchev–Trinajstić information content (AvgIpc) is 3.38. The molecule has 0 N–H and O–H groups in total. The fraction of sp³-hybridized carbons (Fsp3) is 0.600. The summed E-state index contributed by atoms with van der Waals surface area (Å²) in [5, 5.41) is 0. The van der Waals surface area contributed by atoms with E-state index in [-0.39, 0.29) is 23.0 Å². The fourth-order valence-electron chi connectivity index (χ4n) is 6.36. The Hall–Kier alpha value is -2.21. The molecule has 0 bridgehead atoms. The van der Waals surface area contributed by atoms with Gasteiger partial charge in [0.15, 0.2) is 6.29 Å². The number of benzene rings is 2. The van der Waals surface area contributed by atoms with Crippen molar-refractivity contribution in [3.05, 3.63) is 70.5 Å². The molecule has 11 heteroatoms. The fourth-order valence-corrected chi connectivity index (χ4v) is 6.36. The first-order valence-electron chi connectivity index (χ1n) is 14.0. The highest BCUT2D eigenvalue weighted by atomic mass is 19.4. The van der Waals surface area contributed by atoms with E-state index in [2.05, 4.69) is 4.90 Å². The van der Waals surface area contributed by atoms with E-state index in [9.17, 15) is 30.7 Å². The van der Waals surface area contributed by atoms with E-state index in [1.165, 1.54) is 19.1 Å². The minimum Gasteiger partial charge on any atom is -0.381 e. The molecule has 226 valence electrons. The second-order valence-electron chi connectivity index (χ2n) is 11.6. The van der Waals surface area contributed by atoms with Crippen molar-refractivity contribution in [1.82, 2.24) is 4.90 Å². The summed E-state index contributed by atoms with van der Waals surface area (Å²) >= 11 is 0. The van der Waals surface area contributed by atoms with E-state index in [1.807, 2.05) is 0 Å². The van der Waals surface area contributed by atoms with E-state index in [0.717, 1.165) is 57.7 Å². The summed E-state index contributed by atoms with van der Waals surface area (Å²) in [5.41, 5.74) is -2.07. The molecular weight excluding hydrogens is 555 g/mol. The lowest BCUT2D eigenvalue weighted by atomic mass is 9.77. The van der Waals surface area contributed by atoms with Crippen LogP contribution in [0.1, 0.15) is 66.9 Å². The van der Waals surface area contributed by atoms with Gasteiger partial charge in [0.1, 0.15) is 5.82 Å². The molecule has 41 heavy (non-hydrogen) atoms. The molecule has 1 spiro atoms. The zero-order valence-corrected chi connectivity index (χ0v) is 22.7. The molecule has 0 aromatic heterocycles. The van der Waals surface area contributed by atoms with Gasteiger partial charge in [-0.2, -0.15) is 26.3 Å². The molecule has 2 aromatic carbocycles. The molecule has 0 radical (unpaired) electrons. The van der Waals surface area contributed by atoms with Crippen molar-refractivity contribution in [2.24, 2.45) is 11.3 Å². The second-order valence-corrected chi connectivity index (χ2v) is 11.6. The van der Waals surface area contributed by atoms with Gasteiger partial charge in [0, 0.05) is 19.1 Å². The Balaban J connectivity index is 1.38. The van der Waals surface area contributed by atoms with Gasteiger partial charge in [-0.15, -0.1) is 0 Å². The number of likely N-dealkylation sites (tertiary alicyclic amines) is 1. The molecule has 4 nitrogen and oxygen atoms in total. The van der Waals surface area contributed by atoms with Gasteiger partial charge >= 0.3 is 12.4 Å². The smallest absolute Gasteiger partial charge is 0.381 e. The van der Waals surface area contributed by atoms with Gasteiger partial charge in [0.25, 0.3) is 0 Å². The molecular formula is C30H34F7NO3. The van der Waals surface area contributed by atoms with Crippen LogP contribution >= 0.6 is 0 Å². The van der Waals surface area contributed by atoms with Crippen molar-refractivity contribution in [2.75, 3.05) is 39.5 Å². The normalized spacial score (nSPS) is 26.4. The van der Waals surface area contributed by atoms with Crippen LogP contribution in [0, 0.1) is 17.2 Å². The molecule has 4 atom stereocenters. The summed E-state index contributed by atoms with van der Waals surface area (Å²) in [6.07, 6.45) is -8.19. The topological polar surface area (TPSA) is 30.9 Å². The highest BCUT2D eigenvalue weighted by Gasteiger charge is 2.42. The van der Waals surface area contributed by atoms with Crippen molar-refractivity contribution in [2.45, 2.75) is 63.3 Å². The monoisotopic (exact) mass is 589 g/mol. The van der Waals surface area contributed by atoms with Gasteiger partial charge < -0.3 is 19.1 Å². The Morgan fingerprint density at radius 1 is 0.927 bits per heavy atom. The summed E-state index contributed by atoms with van der Waals surface area (Å²) in [5.74, 6) is -0.797. The average molecular weight is 590 g/mol. The molecule has 1 unspecified atom stereocenters. The maximum absolute atomic E-state index is 13.8. The van der Waals surface area contributed by atoms with Gasteiger partial charge in [-0.05, 0) is 98.5 Å². The molecule has 3 fully saturated rings. The van der Waals surface area contributed by atoms with Crippen LogP contribution in [0.5, 0.6) is 0 Å². The third kappa shape index (κ3) is 7.06. The SMILES string of the molecule is C[C@@H](O[C@H]1OCCC(CN2CCC3(CCOC3)CC2)[C@@H]1c1ccc(F)cc1)c1cc(C(F)(F)F)cc(C(F)(F)F)c1. The first-order chi connectivity index (χ1) is 19.3. The zero-order chi connectivity index (χ0) is 29.4. The Morgan fingerprint density at radius 2 is 1.56 bits per heavy atom. The summed E-state index contributed by atoms with van der Waals surface area (Å²) in [4.78, 5) is 2.39. The molecule has 0 amide bonds. The lowest BCUT2D eigenvalue weighted by Crippen LogP contribution is -2.46. The van der Waals surface area contributed by atoms with Gasteiger partial charge in [0.05, 0.1) is 30.4 Å². The predicted molar refractivity (Wildman–Crippen MR) is 136 cm³/mol. The summed E-state index contributed by atoms with van der Waals surface area (Å²) in [7, 11) is 0. The summed E-state index contributed by atoms with van der Waals surface area (Å²) < 4.78 is 112. The van der Waals surface area contributed by atoms with Crippen molar-refractivity contribution in [1.29, 1.82) is 0 Å². The van der Waals surface area contributed by atoms with Gasteiger partial charge in [0.2, 0.25) is 0 Å². The molecule has 3 aliphatic heterocycles. The second kappa shape index (κ2) is 11.8. The first kappa shape index (κ1) is 30.3. The maximum Gasteiger partial charge on any atom is 0.416 e. The number of piperidine rings is 1. The maximum atomic E-state index is 13.8. The van der Waals surface area contributed by atoms with E-state index in [1.54, 1.807) is 12.1 Å². The number of hydrogen-bond acceptors (Lipinski definition) is 4. The Bertz CT molecular complexity index is 1140. The highest BCUT2D eigenvalue weighted by Crippen LogP contribution is 2.43. The van der Waals surface area contributed by atoms with Crippen molar-refractivity contribution in [3.63, 3.8) is 0 Å². The van der Waals surface area contributed by atoms with Crippen LogP contribution in [0.25, 0.3) is 0 Å². The molecule has 3 aliphatic rings. The Labute approximate surface area is 234 Å². The van der Waals surface area contributed by atoms with Gasteiger partial charge in [-0.3, -0.25) is 0 Å². The van der Waals surface area contributed by atoms with Gasteiger partial charge in [-0.25, -0.2) is 4.39 Å². The van der Waals surface area contributed by atoms with E-state index in [4.69, 9.17) is 14.2 Å². The van der Waals surface area contributed by atoms with E-state index in [0.29, 0.717) is 25.2 Å². The third-order valence-electron chi connectivity index (χ3n) is 8.84. The van der Waals surface area contributed by atoms with Crippen LogP contribution in [-0.2, 0) is 26.6 Å². The number of ether oxygens (including phenoxy) is 3. The van der Waals surface area contributed by atoms with Crippen molar-refractivity contribution < 1.29 is 44.9 Å².